The number of nitrogens with zero attached hydrogens (tertiary/aromatic N) is 1. The molecule has 162 valence electrons. The summed E-state index contributed by atoms with van der Waals surface area (Å²) in [6.45, 7) is -0.153. The lowest BCUT2D eigenvalue weighted by Gasteiger charge is -2.14. The average Bonchev–Trinajstić information content (AvgIpc) is 3.04. The number of imide groups is 1. The van der Waals surface area contributed by atoms with Crippen molar-refractivity contribution in [2.24, 2.45) is 0 Å². The molecule has 1 aliphatic rings. The molecule has 1 aliphatic heterocycles. The first-order valence-corrected chi connectivity index (χ1v) is 10.8. The van der Waals surface area contributed by atoms with Crippen LogP contribution in [0, 0.1) is 11.6 Å². The van der Waals surface area contributed by atoms with Gasteiger partial charge in [0, 0.05) is 16.1 Å². The summed E-state index contributed by atoms with van der Waals surface area (Å²) in [7, 11) is 0. The highest BCUT2D eigenvalue weighted by atomic mass is 35.5. The second-order valence-corrected chi connectivity index (χ2v) is 8.32. The zero-order valence-electron chi connectivity index (χ0n) is 16.6. The molecule has 4 rings (SSSR count). The van der Waals surface area contributed by atoms with Crippen molar-refractivity contribution in [1.82, 2.24) is 4.90 Å². The molecule has 3 aromatic rings. The molecule has 2 amide bonds. The largest absolute Gasteiger partial charge is 0.489 e. The maximum atomic E-state index is 14.0. The molecule has 1 heterocycles. The summed E-state index contributed by atoms with van der Waals surface area (Å²) in [5, 5.41) is -0.343. The zero-order valence-corrected chi connectivity index (χ0v) is 18.1. The number of carbonyl (C=O) groups is 2. The van der Waals surface area contributed by atoms with Crippen LogP contribution in [-0.2, 0) is 17.9 Å². The number of benzene rings is 3. The van der Waals surface area contributed by atoms with Gasteiger partial charge in [-0.3, -0.25) is 14.5 Å². The van der Waals surface area contributed by atoms with Gasteiger partial charge in [-0.05, 0) is 53.7 Å². The van der Waals surface area contributed by atoms with Gasteiger partial charge in [0.15, 0.2) is 0 Å². The van der Waals surface area contributed by atoms with E-state index in [0.29, 0.717) is 16.9 Å². The molecule has 1 saturated heterocycles. The number of amides is 2. The first-order chi connectivity index (χ1) is 15.4. The van der Waals surface area contributed by atoms with E-state index in [9.17, 15) is 18.4 Å². The molecule has 0 spiro atoms. The Morgan fingerprint density at radius 1 is 0.938 bits per heavy atom. The van der Waals surface area contributed by atoms with Gasteiger partial charge in [-0.15, -0.1) is 0 Å². The minimum Gasteiger partial charge on any atom is -0.489 e. The fourth-order valence-electron chi connectivity index (χ4n) is 3.07. The number of hydrogen-bond acceptors (Lipinski definition) is 4. The van der Waals surface area contributed by atoms with Crippen molar-refractivity contribution in [3.8, 4) is 5.75 Å². The number of ether oxygens (including phenoxy) is 1. The molecule has 4 nitrogen and oxygen atoms in total. The minimum atomic E-state index is -0.577. The van der Waals surface area contributed by atoms with Crippen LogP contribution in [0.3, 0.4) is 0 Å². The molecule has 0 saturated carbocycles. The molecule has 0 atom stereocenters. The highest BCUT2D eigenvalue weighted by Crippen LogP contribution is 2.34. The molecule has 0 bridgehead atoms. The van der Waals surface area contributed by atoms with Crippen molar-refractivity contribution in [2.45, 2.75) is 13.2 Å². The molecular weight excluding hydrogens is 456 g/mol. The Hall–Kier alpha value is -3.16. The molecule has 8 heteroatoms. The van der Waals surface area contributed by atoms with Gasteiger partial charge in [0.2, 0.25) is 0 Å². The number of hydrogen-bond donors (Lipinski definition) is 0. The SMILES string of the molecule is O=C1S/C(=C/c2ccc(OCc3ccccc3F)cc2)C(=O)N1Cc1c(F)cccc1Cl. The standard InChI is InChI=1S/C24H16ClF2NO3S/c25-19-5-3-7-21(27)18(19)13-28-23(29)22(32-24(28)30)12-15-8-10-17(11-9-15)31-14-16-4-1-2-6-20(16)26/h1-12H,13-14H2/b22-12+. The normalized spacial score (nSPS) is 15.0. The first kappa shape index (κ1) is 22.0. The van der Waals surface area contributed by atoms with E-state index in [1.54, 1.807) is 48.5 Å². The van der Waals surface area contributed by atoms with Crippen molar-refractivity contribution in [3.63, 3.8) is 0 Å². The van der Waals surface area contributed by atoms with Crippen LogP contribution in [0.1, 0.15) is 16.7 Å². The summed E-state index contributed by atoms with van der Waals surface area (Å²) in [4.78, 5) is 26.2. The number of carbonyl (C=O) groups excluding carboxylic acids is 2. The van der Waals surface area contributed by atoms with Crippen LogP contribution >= 0.6 is 23.4 Å². The molecule has 0 N–H and O–H groups in total. The lowest BCUT2D eigenvalue weighted by Crippen LogP contribution is -2.28. The zero-order chi connectivity index (χ0) is 22.7. The Kier molecular flexibility index (Phi) is 6.58. The van der Waals surface area contributed by atoms with Gasteiger partial charge in [-0.1, -0.05) is 48.0 Å². The van der Waals surface area contributed by atoms with Crippen LogP contribution in [-0.4, -0.2) is 16.0 Å². The summed E-state index contributed by atoms with van der Waals surface area (Å²) in [5.74, 6) is -0.894. The van der Waals surface area contributed by atoms with E-state index >= 15 is 0 Å². The van der Waals surface area contributed by atoms with Crippen LogP contribution in [0.4, 0.5) is 13.6 Å². The summed E-state index contributed by atoms with van der Waals surface area (Å²) in [5.41, 5.74) is 1.21. The van der Waals surface area contributed by atoms with E-state index in [1.807, 2.05) is 0 Å². The Morgan fingerprint density at radius 2 is 1.66 bits per heavy atom. The molecule has 1 fully saturated rings. The average molecular weight is 472 g/mol. The third-order valence-electron chi connectivity index (χ3n) is 4.78. The Balaban J connectivity index is 1.44. The van der Waals surface area contributed by atoms with Gasteiger partial charge < -0.3 is 4.74 Å². The highest BCUT2D eigenvalue weighted by molar-refractivity contribution is 8.18. The smallest absolute Gasteiger partial charge is 0.293 e. The Labute approximate surface area is 192 Å². The molecule has 0 aliphatic carbocycles. The van der Waals surface area contributed by atoms with E-state index in [-0.39, 0.29) is 34.5 Å². The second-order valence-electron chi connectivity index (χ2n) is 6.92. The first-order valence-electron chi connectivity index (χ1n) is 9.57. The predicted octanol–water partition coefficient (Wildman–Crippen LogP) is 6.43. The fourth-order valence-corrected chi connectivity index (χ4v) is 4.13. The topological polar surface area (TPSA) is 46.6 Å². The second kappa shape index (κ2) is 9.54. The lowest BCUT2D eigenvalue weighted by molar-refractivity contribution is -0.123. The van der Waals surface area contributed by atoms with Crippen molar-refractivity contribution < 1.29 is 23.1 Å². The maximum Gasteiger partial charge on any atom is 0.293 e. The van der Waals surface area contributed by atoms with Gasteiger partial charge >= 0.3 is 0 Å². The van der Waals surface area contributed by atoms with Gasteiger partial charge in [0.05, 0.1) is 11.4 Å². The van der Waals surface area contributed by atoms with Crippen LogP contribution in [0.2, 0.25) is 5.02 Å². The van der Waals surface area contributed by atoms with Gasteiger partial charge in [-0.25, -0.2) is 8.78 Å². The van der Waals surface area contributed by atoms with Crippen LogP contribution < -0.4 is 4.74 Å². The van der Waals surface area contributed by atoms with Crippen molar-refractivity contribution in [3.05, 3.63) is 105 Å². The number of rotatable bonds is 6. The van der Waals surface area contributed by atoms with E-state index in [0.717, 1.165) is 16.7 Å². The molecule has 0 radical (unpaired) electrons. The van der Waals surface area contributed by atoms with E-state index in [2.05, 4.69) is 0 Å². The third kappa shape index (κ3) is 4.84. The van der Waals surface area contributed by atoms with Crippen molar-refractivity contribution in [1.29, 1.82) is 0 Å². The minimum absolute atomic E-state index is 0.0868. The van der Waals surface area contributed by atoms with E-state index < -0.39 is 17.0 Å². The molecule has 3 aromatic carbocycles. The summed E-state index contributed by atoms with van der Waals surface area (Å²) >= 11 is 6.80. The fraction of sp³-hybridized carbons (Fsp3) is 0.0833. The Morgan fingerprint density at radius 3 is 2.38 bits per heavy atom. The van der Waals surface area contributed by atoms with Gasteiger partial charge in [-0.2, -0.15) is 0 Å². The summed E-state index contributed by atoms with van der Waals surface area (Å²) in [6, 6.07) is 17.4. The number of halogens is 3. The quantitative estimate of drug-likeness (QED) is 0.388. The van der Waals surface area contributed by atoms with E-state index in [4.69, 9.17) is 16.3 Å². The summed E-state index contributed by atoms with van der Waals surface area (Å²) in [6.07, 6.45) is 1.58. The third-order valence-corrected chi connectivity index (χ3v) is 6.04. The molecule has 0 unspecified atom stereocenters. The molecule has 0 aromatic heterocycles. The maximum absolute atomic E-state index is 14.0. The van der Waals surface area contributed by atoms with Gasteiger partial charge in [0.25, 0.3) is 11.1 Å². The van der Waals surface area contributed by atoms with Gasteiger partial charge in [0.1, 0.15) is 24.0 Å². The highest BCUT2D eigenvalue weighted by Gasteiger charge is 2.35. The van der Waals surface area contributed by atoms with Crippen molar-refractivity contribution >= 4 is 40.6 Å². The predicted molar refractivity (Wildman–Crippen MR) is 120 cm³/mol. The summed E-state index contributed by atoms with van der Waals surface area (Å²) < 4.78 is 33.3. The lowest BCUT2D eigenvalue weighted by atomic mass is 10.2. The molecular formula is C24H16ClF2NO3S. The van der Waals surface area contributed by atoms with Crippen LogP contribution in [0.5, 0.6) is 5.75 Å². The molecule has 32 heavy (non-hydrogen) atoms. The van der Waals surface area contributed by atoms with E-state index in [1.165, 1.54) is 24.3 Å². The Bertz CT molecular complexity index is 1190. The monoisotopic (exact) mass is 471 g/mol. The number of thioether (sulfide) groups is 1. The van der Waals surface area contributed by atoms with Crippen LogP contribution in [0.15, 0.2) is 71.6 Å². The van der Waals surface area contributed by atoms with Crippen LogP contribution in [0.25, 0.3) is 6.08 Å². The van der Waals surface area contributed by atoms with Crippen molar-refractivity contribution in [2.75, 3.05) is 0 Å².